The van der Waals surface area contributed by atoms with E-state index in [0.29, 0.717) is 11.3 Å². The van der Waals surface area contributed by atoms with Crippen molar-refractivity contribution in [1.29, 1.82) is 0 Å². The number of hydrogen-bond donors (Lipinski definition) is 0. The molecular formula is C17H16FNO2. The van der Waals surface area contributed by atoms with Crippen molar-refractivity contribution in [2.24, 2.45) is 0 Å². The highest BCUT2D eigenvalue weighted by atomic mass is 19.1. The third kappa shape index (κ3) is 2.37. The maximum atomic E-state index is 14.4. The van der Waals surface area contributed by atoms with Crippen LogP contribution in [0.4, 0.5) is 14.9 Å². The second-order valence-electron chi connectivity index (χ2n) is 5.23. The Kier molecular flexibility index (Phi) is 3.37. The number of ether oxygens (including phenoxy) is 1. The second-order valence-corrected chi connectivity index (χ2v) is 5.23. The first-order valence-corrected chi connectivity index (χ1v) is 6.93. The zero-order chi connectivity index (χ0) is 15.0. The number of rotatable bonds is 2. The topological polar surface area (TPSA) is 29.5 Å². The van der Waals surface area contributed by atoms with E-state index in [-0.39, 0.29) is 18.0 Å². The van der Waals surface area contributed by atoms with Crippen molar-refractivity contribution in [2.45, 2.75) is 26.0 Å². The van der Waals surface area contributed by atoms with Crippen LogP contribution in [0.15, 0.2) is 48.5 Å². The number of hydrogen-bond acceptors (Lipinski definition) is 2. The van der Waals surface area contributed by atoms with Gasteiger partial charge in [-0.05, 0) is 37.6 Å². The zero-order valence-corrected chi connectivity index (χ0v) is 11.9. The van der Waals surface area contributed by atoms with Crippen molar-refractivity contribution in [3.05, 3.63) is 54.3 Å². The third-order valence-corrected chi connectivity index (χ3v) is 3.89. The smallest absolute Gasteiger partial charge is 0.415 e. The van der Waals surface area contributed by atoms with E-state index in [0.717, 1.165) is 5.56 Å². The van der Waals surface area contributed by atoms with Gasteiger partial charge in [0.25, 0.3) is 0 Å². The van der Waals surface area contributed by atoms with Crippen molar-refractivity contribution in [1.82, 2.24) is 0 Å². The van der Waals surface area contributed by atoms with Crippen molar-refractivity contribution >= 4 is 11.8 Å². The molecule has 2 atom stereocenters. The number of cyclic esters (lactones) is 1. The van der Waals surface area contributed by atoms with Crippen molar-refractivity contribution in [3.63, 3.8) is 0 Å². The van der Waals surface area contributed by atoms with E-state index in [1.807, 2.05) is 44.2 Å². The molecule has 0 aliphatic carbocycles. The number of nitrogens with zero attached hydrogens (tertiary/aromatic N) is 1. The van der Waals surface area contributed by atoms with Crippen LogP contribution in [0.3, 0.4) is 0 Å². The summed E-state index contributed by atoms with van der Waals surface area (Å²) in [4.78, 5) is 13.3. The molecular weight excluding hydrogens is 269 g/mol. The maximum absolute atomic E-state index is 14.4. The van der Waals surface area contributed by atoms with E-state index in [4.69, 9.17) is 4.74 Å². The van der Waals surface area contributed by atoms with Crippen LogP contribution >= 0.6 is 0 Å². The van der Waals surface area contributed by atoms with Crippen LogP contribution in [0.2, 0.25) is 0 Å². The summed E-state index contributed by atoms with van der Waals surface area (Å²) in [5.74, 6) is -0.349. The molecule has 0 bridgehead atoms. The fraction of sp³-hybridized carbons (Fsp3) is 0.235. The molecule has 2 aromatic carbocycles. The summed E-state index contributed by atoms with van der Waals surface area (Å²) in [6, 6.07) is 14.1. The highest BCUT2D eigenvalue weighted by Crippen LogP contribution is 2.31. The van der Waals surface area contributed by atoms with Gasteiger partial charge in [-0.3, -0.25) is 4.90 Å². The molecule has 0 spiro atoms. The Hall–Kier alpha value is -2.36. The van der Waals surface area contributed by atoms with Gasteiger partial charge >= 0.3 is 6.09 Å². The lowest BCUT2D eigenvalue weighted by atomic mass is 10.0. The molecule has 3 rings (SSSR count). The molecule has 0 radical (unpaired) electrons. The monoisotopic (exact) mass is 285 g/mol. The van der Waals surface area contributed by atoms with Gasteiger partial charge in [0.15, 0.2) is 0 Å². The van der Waals surface area contributed by atoms with Crippen LogP contribution in [0.25, 0.3) is 11.1 Å². The predicted octanol–water partition coefficient (Wildman–Crippen LogP) is 4.23. The highest BCUT2D eigenvalue weighted by Gasteiger charge is 2.37. The van der Waals surface area contributed by atoms with E-state index in [1.165, 1.54) is 11.0 Å². The molecule has 2 aromatic rings. The Balaban J connectivity index is 1.97. The largest absolute Gasteiger partial charge is 0.444 e. The van der Waals surface area contributed by atoms with Gasteiger partial charge in [0.05, 0.1) is 11.7 Å². The predicted molar refractivity (Wildman–Crippen MR) is 79.7 cm³/mol. The number of anilines is 1. The lowest BCUT2D eigenvalue weighted by molar-refractivity contribution is 0.143. The van der Waals surface area contributed by atoms with E-state index >= 15 is 0 Å². The summed E-state index contributed by atoms with van der Waals surface area (Å²) in [5.41, 5.74) is 1.86. The van der Waals surface area contributed by atoms with Gasteiger partial charge < -0.3 is 4.74 Å². The number of carbonyl (C=O) groups is 1. The minimum Gasteiger partial charge on any atom is -0.444 e. The fourth-order valence-electron chi connectivity index (χ4n) is 2.54. The average Bonchev–Trinajstić information content (AvgIpc) is 2.73. The molecule has 2 unspecified atom stereocenters. The van der Waals surface area contributed by atoms with Crippen LogP contribution < -0.4 is 4.90 Å². The molecule has 108 valence electrons. The number of halogens is 1. The molecule has 21 heavy (non-hydrogen) atoms. The summed E-state index contributed by atoms with van der Waals surface area (Å²) >= 11 is 0. The van der Waals surface area contributed by atoms with Crippen LogP contribution in [0.5, 0.6) is 0 Å². The summed E-state index contributed by atoms with van der Waals surface area (Å²) in [5, 5.41) is 0. The average molecular weight is 285 g/mol. The molecule has 0 aromatic heterocycles. The molecule has 0 saturated carbocycles. The lowest BCUT2D eigenvalue weighted by Gasteiger charge is -2.20. The first kappa shape index (κ1) is 13.6. The van der Waals surface area contributed by atoms with Gasteiger partial charge in [-0.1, -0.05) is 30.3 Å². The molecule has 1 aliphatic heterocycles. The first-order valence-electron chi connectivity index (χ1n) is 6.93. The van der Waals surface area contributed by atoms with Crippen molar-refractivity contribution < 1.29 is 13.9 Å². The molecule has 1 amide bonds. The van der Waals surface area contributed by atoms with E-state index in [9.17, 15) is 9.18 Å². The molecule has 1 fully saturated rings. The zero-order valence-electron chi connectivity index (χ0n) is 11.9. The molecule has 1 saturated heterocycles. The number of benzene rings is 2. The van der Waals surface area contributed by atoms with Gasteiger partial charge in [-0.2, -0.15) is 0 Å². The summed E-state index contributed by atoms with van der Waals surface area (Å²) < 4.78 is 19.5. The van der Waals surface area contributed by atoms with Crippen LogP contribution in [0.1, 0.15) is 13.8 Å². The van der Waals surface area contributed by atoms with Crippen molar-refractivity contribution in [3.8, 4) is 11.1 Å². The van der Waals surface area contributed by atoms with Crippen LogP contribution in [0, 0.1) is 5.82 Å². The Labute approximate surface area is 123 Å². The Morgan fingerprint density at radius 1 is 1.10 bits per heavy atom. The Bertz CT molecular complexity index is 672. The maximum Gasteiger partial charge on any atom is 0.415 e. The van der Waals surface area contributed by atoms with Crippen LogP contribution in [-0.4, -0.2) is 18.2 Å². The van der Waals surface area contributed by atoms with Gasteiger partial charge in [0, 0.05) is 5.56 Å². The van der Waals surface area contributed by atoms with Crippen molar-refractivity contribution in [2.75, 3.05) is 4.90 Å². The van der Waals surface area contributed by atoms with E-state index < -0.39 is 6.09 Å². The SMILES string of the molecule is CC1OC(=O)N(c2ccc(-c3ccccc3)c(F)c2)C1C. The van der Waals surface area contributed by atoms with E-state index in [2.05, 4.69) is 0 Å². The normalized spacial score (nSPS) is 21.5. The number of carbonyl (C=O) groups excluding carboxylic acids is 1. The standard InChI is InChI=1S/C17H16FNO2/c1-11-12(2)21-17(20)19(11)14-8-9-15(16(18)10-14)13-6-4-3-5-7-13/h3-12H,1-2H3. The Morgan fingerprint density at radius 2 is 1.81 bits per heavy atom. The molecule has 4 heteroatoms. The van der Waals surface area contributed by atoms with Gasteiger partial charge in [0.1, 0.15) is 11.9 Å². The minimum absolute atomic E-state index is 0.112. The van der Waals surface area contributed by atoms with Gasteiger partial charge in [-0.25, -0.2) is 9.18 Å². The summed E-state index contributed by atoms with van der Waals surface area (Å²) in [7, 11) is 0. The molecule has 3 nitrogen and oxygen atoms in total. The lowest BCUT2D eigenvalue weighted by Crippen LogP contribution is -2.33. The number of amides is 1. The quantitative estimate of drug-likeness (QED) is 0.826. The minimum atomic E-state index is -0.429. The van der Waals surface area contributed by atoms with Gasteiger partial charge in [0.2, 0.25) is 0 Å². The van der Waals surface area contributed by atoms with Crippen LogP contribution in [-0.2, 0) is 4.74 Å². The third-order valence-electron chi connectivity index (χ3n) is 3.89. The molecule has 0 N–H and O–H groups in total. The summed E-state index contributed by atoms with van der Waals surface area (Å²) in [6.07, 6.45) is -0.628. The first-order chi connectivity index (χ1) is 10.1. The van der Waals surface area contributed by atoms with E-state index in [1.54, 1.807) is 12.1 Å². The Morgan fingerprint density at radius 3 is 2.38 bits per heavy atom. The second kappa shape index (κ2) is 5.20. The molecule has 1 aliphatic rings. The van der Waals surface area contributed by atoms with Gasteiger partial charge in [-0.15, -0.1) is 0 Å². The molecule has 1 heterocycles. The summed E-state index contributed by atoms with van der Waals surface area (Å²) in [6.45, 7) is 3.72. The highest BCUT2D eigenvalue weighted by molar-refractivity contribution is 5.91. The fourth-order valence-corrected chi connectivity index (χ4v) is 2.54.